The number of hydrogen-bond acceptors (Lipinski definition) is 6. The number of anilines is 1. The highest BCUT2D eigenvalue weighted by atomic mass is 32.1. The molecular formula is C28H30N4O4S. The molecule has 2 atom stereocenters. The molecule has 0 saturated carbocycles. The Morgan fingerprint density at radius 2 is 1.78 bits per heavy atom. The third-order valence-electron chi connectivity index (χ3n) is 6.83. The van der Waals surface area contributed by atoms with Gasteiger partial charge in [0, 0.05) is 31.9 Å². The summed E-state index contributed by atoms with van der Waals surface area (Å²) in [6, 6.07) is 17.9. The van der Waals surface area contributed by atoms with E-state index in [1.54, 1.807) is 23.1 Å². The molecule has 0 spiro atoms. The van der Waals surface area contributed by atoms with Crippen molar-refractivity contribution in [2.45, 2.75) is 25.6 Å². The minimum absolute atomic E-state index is 0.105. The molecule has 0 bridgehead atoms. The minimum atomic E-state index is -0.775. The fourth-order valence-corrected chi connectivity index (χ4v) is 5.39. The van der Waals surface area contributed by atoms with Crippen LogP contribution in [0.3, 0.4) is 0 Å². The fourth-order valence-electron chi connectivity index (χ4n) is 4.77. The van der Waals surface area contributed by atoms with Crippen LogP contribution in [0.25, 0.3) is 0 Å². The topological polar surface area (TPSA) is 82.2 Å². The first kappa shape index (κ1) is 25.0. The average molecular weight is 519 g/mol. The summed E-state index contributed by atoms with van der Waals surface area (Å²) in [6.45, 7) is 5.08. The van der Waals surface area contributed by atoms with E-state index >= 15 is 0 Å². The maximum absolute atomic E-state index is 13.8. The van der Waals surface area contributed by atoms with E-state index in [9.17, 15) is 14.4 Å². The van der Waals surface area contributed by atoms with Crippen molar-refractivity contribution in [1.29, 1.82) is 0 Å². The molecule has 0 unspecified atom stereocenters. The number of aryl methyl sites for hydroxylation is 1. The van der Waals surface area contributed by atoms with Gasteiger partial charge in [-0.15, -0.1) is 11.3 Å². The Balaban J connectivity index is 1.39. The second kappa shape index (κ2) is 10.7. The van der Waals surface area contributed by atoms with Crippen LogP contribution in [0.4, 0.5) is 10.5 Å². The van der Waals surface area contributed by atoms with E-state index in [2.05, 4.69) is 10.2 Å². The van der Waals surface area contributed by atoms with E-state index in [-0.39, 0.29) is 18.4 Å². The first-order valence-electron chi connectivity index (χ1n) is 12.3. The number of carbonyl (C=O) groups excluding carboxylic acids is 3. The van der Waals surface area contributed by atoms with Crippen molar-refractivity contribution < 1.29 is 19.1 Å². The van der Waals surface area contributed by atoms with Crippen LogP contribution in [0.5, 0.6) is 0 Å². The number of nitrogens with one attached hydrogen (secondary N) is 1. The van der Waals surface area contributed by atoms with Gasteiger partial charge in [0.25, 0.3) is 5.91 Å². The molecule has 37 heavy (non-hydrogen) atoms. The lowest BCUT2D eigenvalue weighted by Gasteiger charge is -2.36. The Morgan fingerprint density at radius 1 is 1.03 bits per heavy atom. The number of ether oxygens (including phenoxy) is 1. The van der Waals surface area contributed by atoms with Gasteiger partial charge in [0.05, 0.1) is 11.4 Å². The number of piperazine rings is 1. The van der Waals surface area contributed by atoms with Crippen LogP contribution >= 0.6 is 11.3 Å². The summed E-state index contributed by atoms with van der Waals surface area (Å²) in [5.74, 6) is -0.283. The van der Waals surface area contributed by atoms with Gasteiger partial charge >= 0.3 is 6.09 Å². The van der Waals surface area contributed by atoms with Gasteiger partial charge in [-0.3, -0.25) is 14.5 Å². The standard InChI is InChI=1S/C28H30N4O4S/c1-19-5-3-6-20(17-19)18-32-24(27(34)31-14-12-30(2)13-15-31)25(36-28(32)35)21-8-10-22(11-9-21)29-26(33)23-7-4-16-37-23/h3-11,16-17,24-25H,12-15,18H2,1-2H3,(H,29,33)/t24-,25-/m1/s1. The number of likely N-dealkylation sites (N-methyl/N-ethyl adjacent to an activating group) is 1. The summed E-state index contributed by atoms with van der Waals surface area (Å²) in [7, 11) is 2.04. The largest absolute Gasteiger partial charge is 0.438 e. The van der Waals surface area contributed by atoms with Crippen LogP contribution in [-0.4, -0.2) is 71.9 Å². The third kappa shape index (κ3) is 5.52. The molecule has 3 heterocycles. The van der Waals surface area contributed by atoms with E-state index in [0.29, 0.717) is 29.2 Å². The predicted molar refractivity (Wildman–Crippen MR) is 143 cm³/mol. The van der Waals surface area contributed by atoms with Crippen molar-refractivity contribution in [3.63, 3.8) is 0 Å². The smallest absolute Gasteiger partial charge is 0.411 e. The monoisotopic (exact) mass is 518 g/mol. The van der Waals surface area contributed by atoms with E-state index < -0.39 is 18.2 Å². The molecule has 2 aromatic carbocycles. The third-order valence-corrected chi connectivity index (χ3v) is 7.70. The van der Waals surface area contributed by atoms with E-state index in [1.165, 1.54) is 11.3 Å². The Kier molecular flexibility index (Phi) is 7.25. The summed E-state index contributed by atoms with van der Waals surface area (Å²) in [4.78, 5) is 45.5. The van der Waals surface area contributed by atoms with Gasteiger partial charge in [-0.2, -0.15) is 0 Å². The molecule has 192 valence electrons. The second-order valence-corrected chi connectivity index (χ2v) is 10.5. The van der Waals surface area contributed by atoms with Crippen molar-refractivity contribution in [2.24, 2.45) is 0 Å². The number of carbonyl (C=O) groups is 3. The zero-order chi connectivity index (χ0) is 25.9. The van der Waals surface area contributed by atoms with E-state index in [0.717, 1.165) is 24.2 Å². The number of amides is 3. The molecule has 9 heteroatoms. The highest BCUT2D eigenvalue weighted by molar-refractivity contribution is 7.12. The normalized spacial score (nSPS) is 20.1. The number of hydrogen-bond donors (Lipinski definition) is 1. The SMILES string of the molecule is Cc1cccc(CN2C(=O)O[C@H](c3ccc(NC(=O)c4cccs4)cc3)[C@@H]2C(=O)N2CCN(C)CC2)c1. The summed E-state index contributed by atoms with van der Waals surface area (Å²) in [6.07, 6.45) is -1.25. The first-order chi connectivity index (χ1) is 17.9. The van der Waals surface area contributed by atoms with Gasteiger partial charge in [0.15, 0.2) is 12.1 Å². The fraction of sp³-hybridized carbons (Fsp3) is 0.321. The molecule has 0 aliphatic carbocycles. The highest BCUT2D eigenvalue weighted by Crippen LogP contribution is 2.35. The second-order valence-electron chi connectivity index (χ2n) is 9.55. The molecule has 2 fully saturated rings. The predicted octanol–water partition coefficient (Wildman–Crippen LogP) is 4.14. The molecule has 3 amide bonds. The van der Waals surface area contributed by atoms with Gasteiger partial charge in [-0.25, -0.2) is 4.79 Å². The van der Waals surface area contributed by atoms with Gasteiger partial charge in [0.1, 0.15) is 0 Å². The van der Waals surface area contributed by atoms with Crippen molar-refractivity contribution >= 4 is 34.9 Å². The summed E-state index contributed by atoms with van der Waals surface area (Å²) < 4.78 is 5.83. The zero-order valence-electron chi connectivity index (χ0n) is 20.9. The molecule has 0 radical (unpaired) electrons. The lowest BCUT2D eigenvalue weighted by molar-refractivity contribution is -0.138. The molecule has 1 N–H and O–H groups in total. The minimum Gasteiger partial charge on any atom is -0.438 e. The Labute approximate surface area is 220 Å². The van der Waals surface area contributed by atoms with Crippen LogP contribution in [0, 0.1) is 6.92 Å². The highest BCUT2D eigenvalue weighted by Gasteiger charge is 2.48. The molecule has 2 saturated heterocycles. The lowest BCUT2D eigenvalue weighted by Crippen LogP contribution is -2.54. The average Bonchev–Trinajstić information content (AvgIpc) is 3.54. The first-order valence-corrected chi connectivity index (χ1v) is 13.2. The molecule has 5 rings (SSSR count). The number of nitrogens with zero attached hydrogens (tertiary/aromatic N) is 3. The Bertz CT molecular complexity index is 1270. The van der Waals surface area contributed by atoms with Crippen LogP contribution in [0.1, 0.15) is 32.5 Å². The number of rotatable bonds is 6. The molecule has 2 aliphatic rings. The number of thiophene rings is 1. The van der Waals surface area contributed by atoms with Crippen LogP contribution in [0.2, 0.25) is 0 Å². The Morgan fingerprint density at radius 3 is 2.46 bits per heavy atom. The van der Waals surface area contributed by atoms with Crippen LogP contribution in [0.15, 0.2) is 66.0 Å². The number of benzene rings is 2. The maximum Gasteiger partial charge on any atom is 0.411 e. The van der Waals surface area contributed by atoms with Gasteiger partial charge in [0.2, 0.25) is 5.91 Å². The van der Waals surface area contributed by atoms with Gasteiger partial charge in [-0.05, 0) is 48.7 Å². The maximum atomic E-state index is 13.8. The van der Waals surface area contributed by atoms with Crippen molar-refractivity contribution in [1.82, 2.24) is 14.7 Å². The van der Waals surface area contributed by atoms with Gasteiger partial charge < -0.3 is 19.9 Å². The van der Waals surface area contributed by atoms with Crippen molar-refractivity contribution in [3.8, 4) is 0 Å². The quantitative estimate of drug-likeness (QED) is 0.530. The summed E-state index contributed by atoms with van der Waals surface area (Å²) in [5.41, 5.74) is 3.37. The van der Waals surface area contributed by atoms with Crippen molar-refractivity contribution in [2.75, 3.05) is 38.5 Å². The molecule has 2 aliphatic heterocycles. The van der Waals surface area contributed by atoms with Crippen LogP contribution < -0.4 is 5.32 Å². The van der Waals surface area contributed by atoms with Crippen LogP contribution in [-0.2, 0) is 16.1 Å². The lowest BCUT2D eigenvalue weighted by atomic mass is 9.99. The number of cyclic esters (lactones) is 1. The molecule has 8 nitrogen and oxygen atoms in total. The zero-order valence-corrected chi connectivity index (χ0v) is 21.7. The molecule has 1 aromatic heterocycles. The van der Waals surface area contributed by atoms with Crippen molar-refractivity contribution in [3.05, 3.63) is 87.6 Å². The summed E-state index contributed by atoms with van der Waals surface area (Å²) in [5, 5.41) is 4.73. The van der Waals surface area contributed by atoms with E-state index in [1.807, 2.05) is 66.7 Å². The Hall–Kier alpha value is -3.69. The van der Waals surface area contributed by atoms with Gasteiger partial charge in [-0.1, -0.05) is 48.0 Å². The molecule has 3 aromatic rings. The van der Waals surface area contributed by atoms with E-state index in [4.69, 9.17) is 4.74 Å². The summed E-state index contributed by atoms with van der Waals surface area (Å²) >= 11 is 1.37. The molecular weight excluding hydrogens is 488 g/mol.